The van der Waals surface area contributed by atoms with Gasteiger partial charge in [0.05, 0.1) is 5.69 Å². The van der Waals surface area contributed by atoms with Gasteiger partial charge in [0.1, 0.15) is 6.10 Å². The molecule has 1 aliphatic rings. The topological polar surface area (TPSA) is 47.0 Å². The minimum atomic E-state index is -0.0450. The van der Waals surface area contributed by atoms with Crippen molar-refractivity contribution < 1.29 is 4.74 Å². The van der Waals surface area contributed by atoms with Crippen molar-refractivity contribution in [2.24, 2.45) is 5.41 Å². The summed E-state index contributed by atoms with van der Waals surface area (Å²) in [5, 5.41) is 3.37. The molecule has 19 heavy (non-hydrogen) atoms. The zero-order valence-electron chi connectivity index (χ0n) is 12.7. The molecule has 0 bridgehead atoms. The molecule has 0 radical (unpaired) electrons. The lowest BCUT2D eigenvalue weighted by molar-refractivity contribution is -0.0194. The van der Waals surface area contributed by atoms with Crippen LogP contribution in [-0.4, -0.2) is 23.1 Å². The second-order valence-corrected chi connectivity index (χ2v) is 6.22. The predicted molar refractivity (Wildman–Crippen MR) is 76.0 cm³/mol. The maximum atomic E-state index is 5.90. The third-order valence-electron chi connectivity index (χ3n) is 3.51. The van der Waals surface area contributed by atoms with Gasteiger partial charge in [0.2, 0.25) is 0 Å². The second-order valence-electron chi connectivity index (χ2n) is 6.22. The largest absolute Gasteiger partial charge is 0.370 e. The van der Waals surface area contributed by atoms with E-state index in [4.69, 9.17) is 14.7 Å². The molecule has 1 atom stereocenters. The maximum absolute atomic E-state index is 5.90. The van der Waals surface area contributed by atoms with Crippen LogP contribution >= 0.6 is 0 Å². The van der Waals surface area contributed by atoms with Gasteiger partial charge in [-0.15, -0.1) is 0 Å². The summed E-state index contributed by atoms with van der Waals surface area (Å²) < 4.78 is 5.90. The molecule has 0 saturated heterocycles. The van der Waals surface area contributed by atoms with Gasteiger partial charge < -0.3 is 10.1 Å². The van der Waals surface area contributed by atoms with E-state index in [-0.39, 0.29) is 11.5 Å². The summed E-state index contributed by atoms with van der Waals surface area (Å²) in [4.78, 5) is 9.48. The van der Waals surface area contributed by atoms with Crippen molar-refractivity contribution >= 4 is 0 Å². The van der Waals surface area contributed by atoms with E-state index in [2.05, 4.69) is 33.0 Å². The van der Waals surface area contributed by atoms with Crippen molar-refractivity contribution in [2.75, 3.05) is 13.2 Å². The molecule has 2 rings (SSSR count). The molecular formula is C15H25N3O. The molecule has 0 spiro atoms. The van der Waals surface area contributed by atoms with E-state index in [0.717, 1.165) is 31.0 Å². The Labute approximate surface area is 116 Å². The van der Waals surface area contributed by atoms with Crippen LogP contribution in [0.4, 0.5) is 0 Å². The van der Waals surface area contributed by atoms with Crippen LogP contribution in [-0.2, 0) is 17.7 Å². The van der Waals surface area contributed by atoms with Crippen LogP contribution < -0.4 is 5.32 Å². The molecule has 2 heterocycles. The lowest BCUT2D eigenvalue weighted by atomic mass is 9.88. The molecule has 106 valence electrons. The SMILES string of the molecule is CCOC(c1nc(C)c2c(n1)CCNC2)C(C)(C)C. The highest BCUT2D eigenvalue weighted by Gasteiger charge is 2.30. The van der Waals surface area contributed by atoms with Crippen LogP contribution in [0.15, 0.2) is 0 Å². The highest BCUT2D eigenvalue weighted by Crippen LogP contribution is 2.35. The van der Waals surface area contributed by atoms with Crippen LogP contribution in [0.3, 0.4) is 0 Å². The Morgan fingerprint density at radius 2 is 2.05 bits per heavy atom. The van der Waals surface area contributed by atoms with Crippen LogP contribution in [0.25, 0.3) is 0 Å². The molecule has 0 aliphatic carbocycles. The van der Waals surface area contributed by atoms with Gasteiger partial charge in [0.25, 0.3) is 0 Å². The second kappa shape index (κ2) is 5.55. The van der Waals surface area contributed by atoms with Crippen molar-refractivity contribution in [1.82, 2.24) is 15.3 Å². The first-order valence-electron chi connectivity index (χ1n) is 7.12. The van der Waals surface area contributed by atoms with Crippen molar-refractivity contribution in [3.8, 4) is 0 Å². The first kappa shape index (κ1) is 14.4. The minimum absolute atomic E-state index is 0.00357. The van der Waals surface area contributed by atoms with Crippen molar-refractivity contribution in [1.29, 1.82) is 0 Å². The first-order chi connectivity index (χ1) is 8.93. The molecule has 1 N–H and O–H groups in total. The van der Waals surface area contributed by atoms with Crippen molar-refractivity contribution in [2.45, 2.75) is 53.7 Å². The Morgan fingerprint density at radius 1 is 1.32 bits per heavy atom. The van der Waals surface area contributed by atoms with E-state index in [1.54, 1.807) is 0 Å². The molecule has 1 aliphatic heterocycles. The monoisotopic (exact) mass is 263 g/mol. The molecule has 1 aromatic heterocycles. The van der Waals surface area contributed by atoms with Gasteiger partial charge in [0.15, 0.2) is 5.82 Å². The number of ether oxygens (including phenoxy) is 1. The van der Waals surface area contributed by atoms with Gasteiger partial charge in [-0.25, -0.2) is 9.97 Å². The smallest absolute Gasteiger partial charge is 0.158 e. The zero-order valence-corrected chi connectivity index (χ0v) is 12.7. The Bertz CT molecular complexity index is 451. The highest BCUT2D eigenvalue weighted by atomic mass is 16.5. The van der Waals surface area contributed by atoms with Gasteiger partial charge in [-0.2, -0.15) is 0 Å². The van der Waals surface area contributed by atoms with Gasteiger partial charge in [0, 0.05) is 37.4 Å². The van der Waals surface area contributed by atoms with Crippen molar-refractivity contribution in [3.05, 3.63) is 22.8 Å². The van der Waals surface area contributed by atoms with Crippen molar-refractivity contribution in [3.63, 3.8) is 0 Å². The molecule has 0 amide bonds. The number of aromatic nitrogens is 2. The molecule has 0 fully saturated rings. The van der Waals surface area contributed by atoms with E-state index < -0.39 is 0 Å². The van der Waals surface area contributed by atoms with Gasteiger partial charge in [-0.05, 0) is 19.3 Å². The van der Waals surface area contributed by atoms with Crippen LogP contribution in [0.1, 0.15) is 56.6 Å². The van der Waals surface area contributed by atoms with Gasteiger partial charge in [-0.1, -0.05) is 20.8 Å². The highest BCUT2D eigenvalue weighted by molar-refractivity contribution is 5.28. The first-order valence-corrected chi connectivity index (χ1v) is 7.12. The molecule has 1 aromatic rings. The molecule has 1 unspecified atom stereocenters. The summed E-state index contributed by atoms with van der Waals surface area (Å²) >= 11 is 0. The quantitative estimate of drug-likeness (QED) is 0.910. The zero-order chi connectivity index (χ0) is 14.0. The van der Waals surface area contributed by atoms with E-state index in [0.29, 0.717) is 6.61 Å². The fraction of sp³-hybridized carbons (Fsp3) is 0.733. The number of aryl methyl sites for hydroxylation is 1. The standard InChI is InChI=1S/C15H25N3O/c1-6-19-13(15(3,4)5)14-17-10(2)11-9-16-8-7-12(11)18-14/h13,16H,6-9H2,1-5H3. The normalized spacial score (nSPS) is 17.1. The van der Waals surface area contributed by atoms with Gasteiger partial charge >= 0.3 is 0 Å². The average molecular weight is 263 g/mol. The Hall–Kier alpha value is -1.00. The number of fused-ring (bicyclic) bond motifs is 1. The fourth-order valence-electron chi connectivity index (χ4n) is 2.53. The van der Waals surface area contributed by atoms with Crippen LogP contribution in [0, 0.1) is 12.3 Å². The average Bonchev–Trinajstić information content (AvgIpc) is 2.34. The molecule has 4 nitrogen and oxygen atoms in total. The minimum Gasteiger partial charge on any atom is -0.370 e. The fourth-order valence-corrected chi connectivity index (χ4v) is 2.53. The number of nitrogens with one attached hydrogen (secondary N) is 1. The van der Waals surface area contributed by atoms with E-state index in [1.165, 1.54) is 11.3 Å². The summed E-state index contributed by atoms with van der Waals surface area (Å²) in [5.41, 5.74) is 3.54. The van der Waals surface area contributed by atoms with E-state index >= 15 is 0 Å². The Morgan fingerprint density at radius 3 is 2.68 bits per heavy atom. The van der Waals surface area contributed by atoms with E-state index in [9.17, 15) is 0 Å². The molecular weight excluding hydrogens is 238 g/mol. The molecule has 0 saturated carbocycles. The lowest BCUT2D eigenvalue weighted by Crippen LogP contribution is -2.29. The van der Waals surface area contributed by atoms with E-state index in [1.807, 2.05) is 6.92 Å². The van der Waals surface area contributed by atoms with Crippen LogP contribution in [0.5, 0.6) is 0 Å². The number of nitrogens with zero attached hydrogens (tertiary/aromatic N) is 2. The maximum Gasteiger partial charge on any atom is 0.158 e. The summed E-state index contributed by atoms with van der Waals surface area (Å²) in [6.45, 7) is 13.2. The third-order valence-corrected chi connectivity index (χ3v) is 3.51. The number of rotatable bonds is 3. The summed E-state index contributed by atoms with van der Waals surface area (Å²) in [5.74, 6) is 0.840. The predicted octanol–water partition coefficient (Wildman–Crippen LogP) is 2.55. The number of hydrogen-bond donors (Lipinski definition) is 1. The van der Waals surface area contributed by atoms with Crippen LogP contribution in [0.2, 0.25) is 0 Å². The number of hydrogen-bond acceptors (Lipinski definition) is 4. The third kappa shape index (κ3) is 3.12. The Kier molecular flexibility index (Phi) is 4.21. The summed E-state index contributed by atoms with van der Waals surface area (Å²) in [6.07, 6.45) is 0.936. The Balaban J connectivity index is 2.40. The molecule has 4 heteroatoms. The summed E-state index contributed by atoms with van der Waals surface area (Å²) in [6, 6.07) is 0. The lowest BCUT2D eigenvalue weighted by Gasteiger charge is -2.30. The molecule has 0 aromatic carbocycles. The summed E-state index contributed by atoms with van der Waals surface area (Å²) in [7, 11) is 0. The van der Waals surface area contributed by atoms with Gasteiger partial charge in [-0.3, -0.25) is 0 Å².